The molecule has 2 aromatic carbocycles. The topological polar surface area (TPSA) is 62.9 Å². The highest BCUT2D eigenvalue weighted by Gasteiger charge is 2.19. The Labute approximate surface area is 176 Å². The van der Waals surface area contributed by atoms with E-state index in [9.17, 15) is 9.90 Å². The first-order valence-electron chi connectivity index (χ1n) is 9.82. The molecule has 0 aliphatic heterocycles. The maximum absolute atomic E-state index is 13.2. The van der Waals surface area contributed by atoms with E-state index in [-0.39, 0.29) is 16.9 Å². The van der Waals surface area contributed by atoms with Crippen molar-refractivity contribution in [1.82, 2.24) is 4.90 Å². The zero-order valence-electron chi connectivity index (χ0n) is 17.7. The van der Waals surface area contributed by atoms with E-state index in [2.05, 4.69) is 13.2 Å². The van der Waals surface area contributed by atoms with Gasteiger partial charge in [0.25, 0.3) is 0 Å². The predicted molar refractivity (Wildman–Crippen MR) is 121 cm³/mol. The average Bonchev–Trinajstić information content (AvgIpc) is 2.67. The molecule has 1 N–H and O–H groups in total. The van der Waals surface area contributed by atoms with Crippen molar-refractivity contribution >= 4 is 11.0 Å². The van der Waals surface area contributed by atoms with Crippen LogP contribution in [0.3, 0.4) is 0 Å². The summed E-state index contributed by atoms with van der Waals surface area (Å²) in [5.74, 6) is 1.17. The standard InChI is InChI=1S/C25H27NO4/c1-6-10-26(11-7-2)15-21-22(27)9-8-20-23(28)24(18(5)29-25(20)21)30-19-13-16(3)12-17(4)14-19/h6-9,12-14,27H,1-2,10-11,15H2,3-5H3. The van der Waals surface area contributed by atoms with Gasteiger partial charge in [-0.2, -0.15) is 0 Å². The van der Waals surface area contributed by atoms with Gasteiger partial charge in [-0.3, -0.25) is 9.69 Å². The molecule has 5 nitrogen and oxygen atoms in total. The predicted octanol–water partition coefficient (Wildman–Crippen LogP) is 5.39. The Morgan fingerprint density at radius 2 is 1.70 bits per heavy atom. The highest BCUT2D eigenvalue weighted by molar-refractivity contribution is 5.83. The second-order valence-corrected chi connectivity index (χ2v) is 7.45. The van der Waals surface area contributed by atoms with E-state index in [1.54, 1.807) is 25.1 Å². The Hall–Kier alpha value is -3.31. The van der Waals surface area contributed by atoms with Crippen LogP contribution in [0.2, 0.25) is 0 Å². The number of hydrogen-bond acceptors (Lipinski definition) is 5. The molecule has 0 fully saturated rings. The van der Waals surface area contributed by atoms with Crippen molar-refractivity contribution in [2.45, 2.75) is 27.3 Å². The van der Waals surface area contributed by atoms with E-state index < -0.39 is 0 Å². The summed E-state index contributed by atoms with van der Waals surface area (Å²) in [6.07, 6.45) is 3.56. The molecule has 1 aromatic heterocycles. The van der Waals surface area contributed by atoms with Gasteiger partial charge in [0.15, 0.2) is 0 Å². The van der Waals surface area contributed by atoms with Crippen molar-refractivity contribution in [1.29, 1.82) is 0 Å². The Balaban J connectivity index is 2.10. The number of fused-ring (bicyclic) bond motifs is 1. The summed E-state index contributed by atoms with van der Waals surface area (Å²) < 4.78 is 11.9. The molecular formula is C25H27NO4. The fraction of sp³-hybridized carbons (Fsp3) is 0.240. The van der Waals surface area contributed by atoms with E-state index in [1.165, 1.54) is 6.07 Å². The highest BCUT2D eigenvalue weighted by atomic mass is 16.5. The third-order valence-electron chi connectivity index (χ3n) is 4.83. The number of phenols is 1. The normalized spacial score (nSPS) is 11.1. The van der Waals surface area contributed by atoms with Crippen LogP contribution in [-0.4, -0.2) is 23.1 Å². The van der Waals surface area contributed by atoms with Crippen LogP contribution in [0, 0.1) is 20.8 Å². The molecule has 0 saturated carbocycles. The van der Waals surface area contributed by atoms with Crippen molar-refractivity contribution in [2.75, 3.05) is 13.1 Å². The molecule has 1 heterocycles. The number of benzene rings is 2. The van der Waals surface area contributed by atoms with Gasteiger partial charge < -0.3 is 14.3 Å². The van der Waals surface area contributed by atoms with Crippen molar-refractivity contribution in [3.63, 3.8) is 0 Å². The average molecular weight is 405 g/mol. The van der Waals surface area contributed by atoms with E-state index >= 15 is 0 Å². The zero-order chi connectivity index (χ0) is 21.8. The molecule has 0 aliphatic carbocycles. The van der Waals surface area contributed by atoms with Gasteiger partial charge >= 0.3 is 0 Å². The minimum atomic E-state index is -0.270. The molecule has 3 rings (SSSR count). The first kappa shape index (κ1) is 21.4. The molecule has 0 atom stereocenters. The summed E-state index contributed by atoms with van der Waals surface area (Å²) in [6.45, 7) is 14.8. The van der Waals surface area contributed by atoms with Crippen LogP contribution in [0.1, 0.15) is 22.5 Å². The SMILES string of the molecule is C=CCN(CC=C)Cc1c(O)ccc2c(=O)c(Oc3cc(C)cc(C)c3)c(C)oc12. The van der Waals surface area contributed by atoms with Crippen LogP contribution >= 0.6 is 0 Å². The molecule has 0 radical (unpaired) electrons. The quantitative estimate of drug-likeness (QED) is 0.509. The van der Waals surface area contributed by atoms with E-state index in [0.717, 1.165) is 11.1 Å². The largest absolute Gasteiger partial charge is 0.507 e. The Morgan fingerprint density at radius 3 is 2.30 bits per heavy atom. The van der Waals surface area contributed by atoms with Crippen LogP contribution in [0.15, 0.2) is 64.9 Å². The van der Waals surface area contributed by atoms with Gasteiger partial charge in [0.05, 0.1) is 10.9 Å². The maximum atomic E-state index is 13.2. The van der Waals surface area contributed by atoms with E-state index in [1.807, 2.05) is 36.9 Å². The molecule has 0 bridgehead atoms. The first-order valence-corrected chi connectivity index (χ1v) is 9.82. The molecule has 5 heteroatoms. The lowest BCUT2D eigenvalue weighted by atomic mass is 10.1. The second-order valence-electron chi connectivity index (χ2n) is 7.45. The summed E-state index contributed by atoms with van der Waals surface area (Å²) in [7, 11) is 0. The lowest BCUT2D eigenvalue weighted by Crippen LogP contribution is -2.23. The third kappa shape index (κ3) is 4.47. The number of phenolic OH excluding ortho intramolecular Hbond substituents is 1. The minimum Gasteiger partial charge on any atom is -0.507 e. The van der Waals surface area contributed by atoms with Crippen molar-refractivity contribution in [3.8, 4) is 17.2 Å². The number of aryl methyl sites for hydroxylation is 3. The van der Waals surface area contributed by atoms with Gasteiger partial charge in [0.1, 0.15) is 22.8 Å². The lowest BCUT2D eigenvalue weighted by molar-refractivity contribution is 0.319. The van der Waals surface area contributed by atoms with Gasteiger partial charge in [0, 0.05) is 19.6 Å². The Morgan fingerprint density at radius 1 is 1.07 bits per heavy atom. The molecule has 156 valence electrons. The van der Waals surface area contributed by atoms with E-state index in [4.69, 9.17) is 9.15 Å². The third-order valence-corrected chi connectivity index (χ3v) is 4.83. The second kappa shape index (κ2) is 9.01. The summed E-state index contributed by atoms with van der Waals surface area (Å²) in [6, 6.07) is 8.88. The molecule has 0 spiro atoms. The van der Waals surface area contributed by atoms with Crippen molar-refractivity contribution in [3.05, 3.63) is 88.3 Å². The van der Waals surface area contributed by atoms with Crippen LogP contribution in [-0.2, 0) is 6.54 Å². The van der Waals surface area contributed by atoms with Gasteiger partial charge in [-0.15, -0.1) is 13.2 Å². The summed E-state index contributed by atoms with van der Waals surface area (Å²) >= 11 is 0. The molecule has 0 amide bonds. The molecule has 0 aliphatic rings. The lowest BCUT2D eigenvalue weighted by Gasteiger charge is -2.20. The summed E-state index contributed by atoms with van der Waals surface area (Å²) in [5, 5.41) is 10.8. The monoisotopic (exact) mass is 405 g/mol. The Kier molecular flexibility index (Phi) is 6.43. The fourth-order valence-corrected chi connectivity index (χ4v) is 3.57. The number of ether oxygens (including phenoxy) is 1. The minimum absolute atomic E-state index is 0.0751. The van der Waals surface area contributed by atoms with Crippen LogP contribution in [0.4, 0.5) is 0 Å². The van der Waals surface area contributed by atoms with Crippen LogP contribution in [0.5, 0.6) is 17.2 Å². The van der Waals surface area contributed by atoms with Gasteiger partial charge in [0.2, 0.25) is 11.2 Å². The molecule has 0 saturated heterocycles. The van der Waals surface area contributed by atoms with Gasteiger partial charge in [-0.05, 0) is 56.2 Å². The molecule has 3 aromatic rings. The fourth-order valence-electron chi connectivity index (χ4n) is 3.57. The first-order chi connectivity index (χ1) is 14.3. The number of nitrogens with zero attached hydrogens (tertiary/aromatic N) is 1. The number of rotatable bonds is 8. The number of aromatic hydroxyl groups is 1. The Bertz CT molecular complexity index is 1130. The summed E-state index contributed by atoms with van der Waals surface area (Å²) in [5.41, 5.74) is 2.74. The maximum Gasteiger partial charge on any atom is 0.235 e. The van der Waals surface area contributed by atoms with Crippen LogP contribution in [0.25, 0.3) is 11.0 Å². The number of hydrogen-bond donors (Lipinski definition) is 1. The molecule has 0 unspecified atom stereocenters. The molecular weight excluding hydrogens is 378 g/mol. The highest BCUT2D eigenvalue weighted by Crippen LogP contribution is 2.32. The van der Waals surface area contributed by atoms with Gasteiger partial charge in [-0.1, -0.05) is 18.2 Å². The summed E-state index contributed by atoms with van der Waals surface area (Å²) in [4.78, 5) is 15.2. The van der Waals surface area contributed by atoms with E-state index in [0.29, 0.717) is 47.7 Å². The van der Waals surface area contributed by atoms with Gasteiger partial charge in [-0.25, -0.2) is 0 Å². The smallest absolute Gasteiger partial charge is 0.235 e. The molecule has 30 heavy (non-hydrogen) atoms. The van der Waals surface area contributed by atoms with Crippen molar-refractivity contribution in [2.24, 2.45) is 0 Å². The van der Waals surface area contributed by atoms with Crippen LogP contribution < -0.4 is 10.2 Å². The zero-order valence-corrected chi connectivity index (χ0v) is 17.7. The van der Waals surface area contributed by atoms with Crippen molar-refractivity contribution < 1.29 is 14.3 Å².